The summed E-state index contributed by atoms with van der Waals surface area (Å²) in [5, 5.41) is 0. The molecule has 0 aromatic rings. The molecule has 0 aromatic carbocycles. The molecule has 0 unspecified atom stereocenters. The molecule has 1 aliphatic rings. The third-order valence-electron chi connectivity index (χ3n) is 14.8. The van der Waals surface area contributed by atoms with Gasteiger partial charge in [0.2, 0.25) is 0 Å². The van der Waals surface area contributed by atoms with Gasteiger partial charge in [0.15, 0.2) is 0 Å². The Balaban J connectivity index is 4.20. The van der Waals surface area contributed by atoms with E-state index in [9.17, 15) is 0 Å². The maximum atomic E-state index is 8.61. The Hall–Kier alpha value is 0.708. The zero-order valence-corrected chi connectivity index (χ0v) is 49.6. The van der Waals surface area contributed by atoms with Gasteiger partial charge in [-0.2, -0.15) is 0 Å². The molecule has 0 aromatic heterocycles. The molecule has 1 fully saturated rings. The fraction of sp³-hybridized carbons (Fsp3) is 1.00. The Labute approximate surface area is 409 Å². The molecule has 4 nitrogen and oxygen atoms in total. The van der Waals surface area contributed by atoms with Crippen LogP contribution in [0.3, 0.4) is 0 Å². The molecule has 0 radical (unpaired) electrons. The van der Waals surface area contributed by atoms with Crippen molar-refractivity contribution in [1.82, 2.24) is 0 Å². The van der Waals surface area contributed by atoms with E-state index < -0.39 is 34.2 Å². The quantitative estimate of drug-likeness (QED) is 0.0450. The van der Waals surface area contributed by atoms with E-state index in [1.807, 2.05) is 0 Å². The zero-order valence-electron chi connectivity index (χ0n) is 45.6. The highest BCUT2D eigenvalue weighted by atomic mass is 28.5. The maximum absolute atomic E-state index is 8.61. The Morgan fingerprint density at radius 1 is 0.156 bits per heavy atom. The first-order valence-corrected chi connectivity index (χ1v) is 39.0. The molecule has 1 aliphatic heterocycles. The Kier molecular flexibility index (Phi) is 41.7. The van der Waals surface area contributed by atoms with Crippen molar-refractivity contribution in [3.8, 4) is 0 Å². The van der Waals surface area contributed by atoms with Gasteiger partial charge in [0.1, 0.15) is 0 Å². The average molecular weight is 970 g/mol. The minimum Gasteiger partial charge on any atom is -0.415 e. The van der Waals surface area contributed by atoms with Crippen molar-refractivity contribution in [1.29, 1.82) is 0 Å². The van der Waals surface area contributed by atoms with Crippen LogP contribution < -0.4 is 0 Å². The van der Waals surface area contributed by atoms with Crippen molar-refractivity contribution in [2.24, 2.45) is 0 Å². The molecule has 64 heavy (non-hydrogen) atoms. The highest BCUT2D eigenvalue weighted by Crippen LogP contribution is 2.47. The molecular formula is C56H120O4Si4. The summed E-state index contributed by atoms with van der Waals surface area (Å²) < 4.78 is 34.4. The summed E-state index contributed by atoms with van der Waals surface area (Å²) >= 11 is 0. The molecule has 0 spiro atoms. The second kappa shape index (κ2) is 42.6. The highest BCUT2D eigenvalue weighted by Gasteiger charge is 2.61. The van der Waals surface area contributed by atoms with E-state index in [1.165, 1.54) is 305 Å². The van der Waals surface area contributed by atoms with Crippen molar-refractivity contribution >= 4 is 34.2 Å². The van der Waals surface area contributed by atoms with Crippen LogP contribution in [0.15, 0.2) is 0 Å². The number of rotatable bonds is 48. The fourth-order valence-corrected chi connectivity index (χ4v) is 37.6. The Morgan fingerprint density at radius 2 is 0.266 bits per heavy atom. The van der Waals surface area contributed by atoms with Gasteiger partial charge < -0.3 is 16.5 Å². The van der Waals surface area contributed by atoms with Crippen molar-refractivity contribution in [2.75, 3.05) is 0 Å². The SMILES string of the molecule is CCCCCCC[Si]1(CCCCCCC)O[Si](CCCCCCC)(CCCCCCC)O[Si](CCCCCCC)(CCCCCCC)O[Si](CCCCCCC)(CCCCCCC)O1. The lowest BCUT2D eigenvalue weighted by atomic mass is 10.2. The number of hydrogen-bond acceptors (Lipinski definition) is 4. The summed E-state index contributed by atoms with van der Waals surface area (Å²) in [6.07, 6.45) is 52.8. The lowest BCUT2D eigenvalue weighted by Gasteiger charge is -2.54. The van der Waals surface area contributed by atoms with Crippen LogP contribution in [0.5, 0.6) is 0 Å². The normalized spacial score (nSPS) is 16.9. The van der Waals surface area contributed by atoms with E-state index in [2.05, 4.69) is 55.4 Å². The van der Waals surface area contributed by atoms with Crippen LogP contribution in [0.25, 0.3) is 0 Å². The van der Waals surface area contributed by atoms with Crippen LogP contribution in [-0.4, -0.2) is 34.2 Å². The monoisotopic (exact) mass is 969 g/mol. The summed E-state index contributed by atoms with van der Waals surface area (Å²) in [4.78, 5) is 0. The van der Waals surface area contributed by atoms with Gasteiger partial charge in [0.05, 0.1) is 0 Å². The molecule has 0 aliphatic carbocycles. The molecule has 8 heteroatoms. The molecule has 0 N–H and O–H groups in total. The zero-order chi connectivity index (χ0) is 46.8. The summed E-state index contributed by atoms with van der Waals surface area (Å²) in [5.41, 5.74) is 0. The third kappa shape index (κ3) is 30.3. The van der Waals surface area contributed by atoms with E-state index in [0.29, 0.717) is 0 Å². The first kappa shape index (κ1) is 62.7. The second-order valence-corrected chi connectivity index (χ2v) is 35.9. The molecule has 1 heterocycles. The third-order valence-corrected chi connectivity index (χ3v) is 35.6. The van der Waals surface area contributed by atoms with Gasteiger partial charge in [0.25, 0.3) is 0 Å². The van der Waals surface area contributed by atoms with Crippen LogP contribution >= 0.6 is 0 Å². The predicted molar refractivity (Wildman–Crippen MR) is 296 cm³/mol. The summed E-state index contributed by atoms with van der Waals surface area (Å²) in [6, 6.07) is 9.45. The standard InChI is InChI=1S/C56H120O4Si4/c1-9-17-25-33-41-49-61(50-42-34-26-18-10-2)57-62(51-43-35-27-19-11-3,52-44-36-28-20-12-4)59-64(55-47-39-31-23-15-7,56-48-40-32-24-16-8)60-63(58-61,53-45-37-29-21-13-5)54-46-38-30-22-14-6/h9-56H2,1-8H3. The molecule has 0 atom stereocenters. The van der Waals surface area contributed by atoms with Crippen LogP contribution in [0.2, 0.25) is 48.4 Å². The first-order valence-electron chi connectivity index (χ1n) is 30.1. The summed E-state index contributed by atoms with van der Waals surface area (Å²) in [7, 11) is -10.9. The molecule has 1 saturated heterocycles. The van der Waals surface area contributed by atoms with Gasteiger partial charge >= 0.3 is 34.2 Å². The molecule has 0 bridgehead atoms. The van der Waals surface area contributed by atoms with Crippen LogP contribution in [-0.2, 0) is 16.5 Å². The van der Waals surface area contributed by atoms with Gasteiger partial charge in [-0.15, -0.1) is 0 Å². The predicted octanol–water partition coefficient (Wildman–Crippen LogP) is 21.6. The molecule has 384 valence electrons. The van der Waals surface area contributed by atoms with Crippen molar-refractivity contribution < 1.29 is 16.5 Å². The van der Waals surface area contributed by atoms with E-state index in [-0.39, 0.29) is 0 Å². The van der Waals surface area contributed by atoms with Crippen molar-refractivity contribution in [3.63, 3.8) is 0 Å². The van der Waals surface area contributed by atoms with E-state index >= 15 is 0 Å². The molecule has 1 rings (SSSR count). The molecule has 0 saturated carbocycles. The van der Waals surface area contributed by atoms with Gasteiger partial charge in [-0.25, -0.2) is 0 Å². The van der Waals surface area contributed by atoms with Gasteiger partial charge in [-0.3, -0.25) is 0 Å². The molecule has 0 amide bonds. The molecular weight excluding hydrogens is 849 g/mol. The summed E-state index contributed by atoms with van der Waals surface area (Å²) in [6.45, 7) is 19.0. The van der Waals surface area contributed by atoms with Crippen molar-refractivity contribution in [2.45, 2.75) is 361 Å². The van der Waals surface area contributed by atoms with Gasteiger partial charge in [-0.05, 0) is 48.4 Å². The largest absolute Gasteiger partial charge is 0.415 e. The smallest absolute Gasteiger partial charge is 0.320 e. The highest BCUT2D eigenvalue weighted by molar-refractivity contribution is 6.95. The van der Waals surface area contributed by atoms with Crippen molar-refractivity contribution in [3.05, 3.63) is 0 Å². The van der Waals surface area contributed by atoms with Crippen LogP contribution in [0.1, 0.15) is 312 Å². The first-order chi connectivity index (χ1) is 31.3. The van der Waals surface area contributed by atoms with E-state index in [1.54, 1.807) is 0 Å². The average Bonchev–Trinajstić information content (AvgIpc) is 3.28. The topological polar surface area (TPSA) is 36.9 Å². The fourth-order valence-electron chi connectivity index (χ4n) is 10.7. The maximum Gasteiger partial charge on any atom is 0.320 e. The van der Waals surface area contributed by atoms with E-state index in [0.717, 1.165) is 0 Å². The lowest BCUT2D eigenvalue weighted by molar-refractivity contribution is 0.201. The Morgan fingerprint density at radius 3 is 0.375 bits per heavy atom. The number of hydrogen-bond donors (Lipinski definition) is 0. The summed E-state index contributed by atoms with van der Waals surface area (Å²) in [5.74, 6) is 0. The van der Waals surface area contributed by atoms with Crippen LogP contribution in [0.4, 0.5) is 0 Å². The number of unbranched alkanes of at least 4 members (excludes halogenated alkanes) is 32. The van der Waals surface area contributed by atoms with Gasteiger partial charge in [0, 0.05) is 0 Å². The minimum absolute atomic E-state index is 1.18. The second-order valence-electron chi connectivity index (χ2n) is 21.4. The van der Waals surface area contributed by atoms with Crippen LogP contribution in [0, 0.1) is 0 Å². The Bertz CT molecular complexity index is 760. The lowest BCUT2D eigenvalue weighted by Crippen LogP contribution is -2.70. The van der Waals surface area contributed by atoms with E-state index in [4.69, 9.17) is 16.5 Å². The minimum atomic E-state index is -2.72. The van der Waals surface area contributed by atoms with Gasteiger partial charge in [-0.1, -0.05) is 312 Å².